The molecule has 0 unspecified atom stereocenters. The van der Waals surface area contributed by atoms with E-state index in [0.717, 1.165) is 6.42 Å². The maximum absolute atomic E-state index is 12.3. The molecule has 0 aromatic heterocycles. The molecular weight excluding hydrogens is 228 g/mol. The average Bonchev–Trinajstić information content (AvgIpc) is 2.27. The van der Waals surface area contributed by atoms with Gasteiger partial charge in [0.1, 0.15) is 5.78 Å². The fourth-order valence-electron chi connectivity index (χ4n) is 2.16. The van der Waals surface area contributed by atoms with Gasteiger partial charge in [0.25, 0.3) is 0 Å². The van der Waals surface area contributed by atoms with Crippen LogP contribution in [0.5, 0.6) is 0 Å². The molecular formula is C15H24O3. The Morgan fingerprint density at radius 3 is 2.67 bits per heavy atom. The molecule has 0 bridgehead atoms. The van der Waals surface area contributed by atoms with Crippen LogP contribution in [-0.4, -0.2) is 24.3 Å². The van der Waals surface area contributed by atoms with Gasteiger partial charge in [0.05, 0.1) is 12.7 Å². The lowest BCUT2D eigenvalue weighted by molar-refractivity contribution is -0.288. The predicted octanol–water partition coefficient (Wildman–Crippen LogP) is 2.93. The summed E-state index contributed by atoms with van der Waals surface area (Å²) < 4.78 is 11.4. The monoisotopic (exact) mass is 252 g/mol. The molecule has 102 valence electrons. The van der Waals surface area contributed by atoms with E-state index in [1.807, 2.05) is 27.7 Å². The van der Waals surface area contributed by atoms with Crippen LogP contribution >= 0.6 is 0 Å². The number of rotatable bonds is 4. The summed E-state index contributed by atoms with van der Waals surface area (Å²) in [5.41, 5.74) is -0.476. The van der Waals surface area contributed by atoms with Crippen LogP contribution in [0.1, 0.15) is 53.9 Å². The second-order valence-electron chi connectivity index (χ2n) is 5.72. The van der Waals surface area contributed by atoms with Crippen LogP contribution < -0.4 is 0 Å². The molecule has 0 spiro atoms. The molecule has 1 aliphatic rings. The third-order valence-electron chi connectivity index (χ3n) is 3.43. The number of Topliss-reactive ketones (excluding diaryl/α,β-unsaturated/α-hetero) is 1. The van der Waals surface area contributed by atoms with Crippen molar-refractivity contribution < 1.29 is 14.3 Å². The van der Waals surface area contributed by atoms with Crippen molar-refractivity contribution in [3.8, 4) is 11.8 Å². The number of ether oxygens (including phenoxy) is 2. The van der Waals surface area contributed by atoms with Crippen LogP contribution in [0, 0.1) is 17.3 Å². The highest BCUT2D eigenvalue weighted by molar-refractivity contribution is 5.84. The SMILES string of the molecule is CC#CCCC(=O)C(C)(C)[C@@H]1CCOC(C)(C)O1. The van der Waals surface area contributed by atoms with Crippen LogP contribution in [0.2, 0.25) is 0 Å². The first-order chi connectivity index (χ1) is 8.29. The molecule has 0 aromatic rings. The summed E-state index contributed by atoms with van der Waals surface area (Å²) in [5.74, 6) is 5.37. The Kier molecular flexibility index (Phi) is 4.95. The molecule has 0 aliphatic carbocycles. The van der Waals surface area contributed by atoms with Gasteiger partial charge in [-0.3, -0.25) is 4.79 Å². The number of carbonyl (C=O) groups is 1. The fraction of sp³-hybridized carbons (Fsp3) is 0.800. The van der Waals surface area contributed by atoms with Gasteiger partial charge in [-0.15, -0.1) is 11.8 Å². The van der Waals surface area contributed by atoms with Gasteiger partial charge >= 0.3 is 0 Å². The summed E-state index contributed by atoms with van der Waals surface area (Å²) in [5, 5.41) is 0. The van der Waals surface area contributed by atoms with Crippen LogP contribution in [0.25, 0.3) is 0 Å². The van der Waals surface area contributed by atoms with E-state index in [2.05, 4.69) is 11.8 Å². The fourth-order valence-corrected chi connectivity index (χ4v) is 2.16. The Labute approximate surface area is 110 Å². The third kappa shape index (κ3) is 3.83. The van der Waals surface area contributed by atoms with Gasteiger partial charge in [-0.25, -0.2) is 0 Å². The van der Waals surface area contributed by atoms with E-state index in [1.54, 1.807) is 6.92 Å². The van der Waals surface area contributed by atoms with E-state index >= 15 is 0 Å². The van der Waals surface area contributed by atoms with Crippen molar-refractivity contribution in [1.29, 1.82) is 0 Å². The molecule has 1 rings (SSSR count). The summed E-state index contributed by atoms with van der Waals surface area (Å²) in [4.78, 5) is 12.3. The van der Waals surface area contributed by atoms with Crippen LogP contribution in [0.3, 0.4) is 0 Å². The minimum Gasteiger partial charge on any atom is -0.350 e. The molecule has 0 radical (unpaired) electrons. The van der Waals surface area contributed by atoms with Gasteiger partial charge in [0.15, 0.2) is 5.79 Å². The molecule has 0 N–H and O–H groups in total. The second-order valence-corrected chi connectivity index (χ2v) is 5.72. The molecule has 1 heterocycles. The van der Waals surface area contributed by atoms with Gasteiger partial charge in [-0.05, 0) is 27.2 Å². The Bertz CT molecular complexity index is 358. The van der Waals surface area contributed by atoms with Gasteiger partial charge < -0.3 is 9.47 Å². The van der Waals surface area contributed by atoms with Gasteiger partial charge in [0, 0.05) is 18.3 Å². The molecule has 18 heavy (non-hydrogen) atoms. The first-order valence-electron chi connectivity index (χ1n) is 6.54. The number of hydrogen-bond acceptors (Lipinski definition) is 3. The molecule has 3 nitrogen and oxygen atoms in total. The van der Waals surface area contributed by atoms with Crippen molar-refractivity contribution in [1.82, 2.24) is 0 Å². The lowest BCUT2D eigenvalue weighted by atomic mass is 9.78. The van der Waals surface area contributed by atoms with Crippen molar-refractivity contribution in [3.63, 3.8) is 0 Å². The predicted molar refractivity (Wildman–Crippen MR) is 71.0 cm³/mol. The van der Waals surface area contributed by atoms with Crippen LogP contribution in [0.15, 0.2) is 0 Å². The zero-order valence-corrected chi connectivity index (χ0v) is 12.1. The van der Waals surface area contributed by atoms with Crippen LogP contribution in [-0.2, 0) is 14.3 Å². The largest absolute Gasteiger partial charge is 0.350 e. The lowest BCUT2D eigenvalue weighted by Gasteiger charge is -2.42. The Morgan fingerprint density at radius 2 is 2.11 bits per heavy atom. The van der Waals surface area contributed by atoms with E-state index in [9.17, 15) is 4.79 Å². The van der Waals surface area contributed by atoms with Crippen molar-refractivity contribution >= 4 is 5.78 Å². The number of hydrogen-bond donors (Lipinski definition) is 0. The molecule has 1 fully saturated rings. The van der Waals surface area contributed by atoms with Crippen molar-refractivity contribution in [3.05, 3.63) is 0 Å². The molecule has 0 amide bonds. The lowest BCUT2D eigenvalue weighted by Crippen LogP contribution is -2.49. The zero-order valence-electron chi connectivity index (χ0n) is 12.1. The maximum Gasteiger partial charge on any atom is 0.163 e. The van der Waals surface area contributed by atoms with E-state index in [1.165, 1.54) is 0 Å². The second kappa shape index (κ2) is 5.86. The summed E-state index contributed by atoms with van der Waals surface area (Å²) in [6, 6.07) is 0. The van der Waals surface area contributed by atoms with E-state index in [0.29, 0.717) is 19.4 Å². The van der Waals surface area contributed by atoms with Crippen LogP contribution in [0.4, 0.5) is 0 Å². The van der Waals surface area contributed by atoms with Gasteiger partial charge in [-0.2, -0.15) is 0 Å². The van der Waals surface area contributed by atoms with Crippen molar-refractivity contribution in [2.45, 2.75) is 65.8 Å². The molecule has 1 saturated heterocycles. The normalized spacial score (nSPS) is 23.1. The van der Waals surface area contributed by atoms with E-state index < -0.39 is 11.2 Å². The summed E-state index contributed by atoms with van der Waals surface area (Å²) in [6.45, 7) is 10.1. The maximum atomic E-state index is 12.3. The topological polar surface area (TPSA) is 35.5 Å². The highest BCUT2D eigenvalue weighted by Gasteiger charge is 2.42. The first-order valence-corrected chi connectivity index (χ1v) is 6.54. The molecule has 1 aliphatic heterocycles. The Hall–Kier alpha value is -0.850. The summed E-state index contributed by atoms with van der Waals surface area (Å²) in [7, 11) is 0. The number of ketones is 1. The summed E-state index contributed by atoms with van der Waals surface area (Å²) >= 11 is 0. The quantitative estimate of drug-likeness (QED) is 0.722. The molecule has 3 heteroatoms. The zero-order chi connectivity index (χ0) is 13.8. The summed E-state index contributed by atoms with van der Waals surface area (Å²) in [6.07, 6.45) is 1.81. The standard InChI is InChI=1S/C15H24O3/c1-6-7-8-9-12(16)14(2,3)13-10-11-17-15(4,5)18-13/h13H,8-11H2,1-5H3/t13-/m0/s1. The minimum atomic E-state index is -0.594. The van der Waals surface area contributed by atoms with Gasteiger partial charge in [0.2, 0.25) is 0 Å². The molecule has 0 saturated carbocycles. The first kappa shape index (κ1) is 15.2. The molecule has 1 atom stereocenters. The minimum absolute atomic E-state index is 0.0802. The third-order valence-corrected chi connectivity index (χ3v) is 3.43. The molecule has 0 aromatic carbocycles. The van der Waals surface area contributed by atoms with Gasteiger partial charge in [-0.1, -0.05) is 13.8 Å². The Balaban J connectivity index is 2.65. The van der Waals surface area contributed by atoms with Crippen molar-refractivity contribution in [2.75, 3.05) is 6.61 Å². The Morgan fingerprint density at radius 1 is 1.44 bits per heavy atom. The highest BCUT2D eigenvalue weighted by atomic mass is 16.7. The van der Waals surface area contributed by atoms with Crippen molar-refractivity contribution in [2.24, 2.45) is 5.41 Å². The highest BCUT2D eigenvalue weighted by Crippen LogP contribution is 2.35. The van der Waals surface area contributed by atoms with E-state index in [-0.39, 0.29) is 11.9 Å². The smallest absolute Gasteiger partial charge is 0.163 e. The number of carbonyl (C=O) groups excluding carboxylic acids is 1. The average molecular weight is 252 g/mol. The van der Waals surface area contributed by atoms with E-state index in [4.69, 9.17) is 9.47 Å².